The number of hydrogen-bond donors (Lipinski definition) is 0. The summed E-state index contributed by atoms with van der Waals surface area (Å²) in [5.41, 5.74) is 3.15. The highest BCUT2D eigenvalue weighted by molar-refractivity contribution is 9.11. The molecule has 2 aromatic rings. The molecular formula is C23H34Br2S2Si. The predicted molar refractivity (Wildman–Crippen MR) is 140 cm³/mol. The van der Waals surface area contributed by atoms with E-state index in [-0.39, 0.29) is 0 Å². The quantitative estimate of drug-likeness (QED) is 0.190. The SMILES string of the molecule is CCCCCCCCCCCCc1c(Br)sc2c1[Si](C)(C)c1c-2sc(Br)c1C. The molecule has 3 rings (SSSR count). The van der Waals surface area contributed by atoms with Gasteiger partial charge < -0.3 is 0 Å². The van der Waals surface area contributed by atoms with Gasteiger partial charge in [0, 0.05) is 9.75 Å². The second kappa shape index (κ2) is 10.3. The second-order valence-electron chi connectivity index (χ2n) is 8.82. The fourth-order valence-corrected chi connectivity index (χ4v) is 14.7. The Morgan fingerprint density at radius 1 is 0.714 bits per heavy atom. The maximum absolute atomic E-state index is 3.93. The molecule has 3 heterocycles. The molecule has 0 radical (unpaired) electrons. The summed E-state index contributed by atoms with van der Waals surface area (Å²) in [5.74, 6) is 0. The lowest BCUT2D eigenvalue weighted by molar-refractivity contribution is 0.556. The number of hydrogen-bond acceptors (Lipinski definition) is 2. The van der Waals surface area contributed by atoms with Crippen LogP contribution in [0.1, 0.15) is 82.3 Å². The summed E-state index contributed by atoms with van der Waals surface area (Å²) in [7, 11) is -1.57. The molecule has 0 spiro atoms. The molecule has 5 heteroatoms. The summed E-state index contributed by atoms with van der Waals surface area (Å²) < 4.78 is 2.74. The molecular weight excluding hydrogens is 528 g/mol. The van der Waals surface area contributed by atoms with Crippen molar-refractivity contribution in [2.75, 3.05) is 0 Å². The van der Waals surface area contributed by atoms with Gasteiger partial charge in [-0.2, -0.15) is 0 Å². The first-order chi connectivity index (χ1) is 13.4. The van der Waals surface area contributed by atoms with Gasteiger partial charge in [-0.25, -0.2) is 0 Å². The highest BCUT2D eigenvalue weighted by Crippen LogP contribution is 2.46. The summed E-state index contributed by atoms with van der Waals surface area (Å²) in [6, 6.07) is 0. The first-order valence-corrected chi connectivity index (χ1v) is 17.2. The zero-order valence-electron chi connectivity index (χ0n) is 17.9. The van der Waals surface area contributed by atoms with E-state index in [4.69, 9.17) is 0 Å². The van der Waals surface area contributed by atoms with Crippen molar-refractivity contribution < 1.29 is 0 Å². The minimum absolute atomic E-state index is 1.26. The molecule has 28 heavy (non-hydrogen) atoms. The van der Waals surface area contributed by atoms with E-state index in [1.54, 1.807) is 25.7 Å². The van der Waals surface area contributed by atoms with Crippen LogP contribution < -0.4 is 10.4 Å². The molecule has 0 amide bonds. The van der Waals surface area contributed by atoms with Crippen LogP contribution in [0.4, 0.5) is 0 Å². The van der Waals surface area contributed by atoms with Gasteiger partial charge in [0.05, 0.1) is 7.57 Å². The summed E-state index contributed by atoms with van der Waals surface area (Å²) in [6.45, 7) is 9.72. The molecule has 0 saturated carbocycles. The third kappa shape index (κ3) is 4.74. The zero-order chi connectivity index (χ0) is 20.3. The van der Waals surface area contributed by atoms with Crippen LogP contribution in [0.25, 0.3) is 9.75 Å². The van der Waals surface area contributed by atoms with Crippen molar-refractivity contribution >= 4 is 73.0 Å². The Morgan fingerprint density at radius 2 is 1.21 bits per heavy atom. The second-order valence-corrected chi connectivity index (χ2v) is 17.7. The highest BCUT2D eigenvalue weighted by Gasteiger charge is 2.44. The molecule has 0 fully saturated rings. The monoisotopic (exact) mass is 560 g/mol. The molecule has 0 unspecified atom stereocenters. The van der Waals surface area contributed by atoms with Gasteiger partial charge in [0.1, 0.15) is 8.07 Å². The van der Waals surface area contributed by atoms with E-state index in [0.717, 1.165) is 0 Å². The Kier molecular flexibility index (Phi) is 8.52. The maximum atomic E-state index is 3.93. The van der Waals surface area contributed by atoms with Crippen LogP contribution in [0.3, 0.4) is 0 Å². The number of thiophene rings is 2. The van der Waals surface area contributed by atoms with E-state index < -0.39 is 8.07 Å². The molecule has 0 N–H and O–H groups in total. The van der Waals surface area contributed by atoms with Gasteiger partial charge in [-0.3, -0.25) is 0 Å². The fraction of sp³-hybridized carbons (Fsp3) is 0.652. The lowest BCUT2D eigenvalue weighted by atomic mass is 10.0. The zero-order valence-corrected chi connectivity index (χ0v) is 23.7. The molecule has 0 aliphatic carbocycles. The number of rotatable bonds is 11. The molecule has 0 aromatic carbocycles. The third-order valence-corrected chi connectivity index (χ3v) is 14.6. The van der Waals surface area contributed by atoms with Crippen molar-refractivity contribution in [3.05, 3.63) is 18.7 Å². The molecule has 0 bridgehead atoms. The smallest absolute Gasteiger partial charge is 0.116 e. The Morgan fingerprint density at radius 3 is 1.82 bits per heavy atom. The van der Waals surface area contributed by atoms with Gasteiger partial charge in [0.2, 0.25) is 0 Å². The minimum Gasteiger partial charge on any atom is -0.127 e. The number of halogens is 2. The molecule has 1 aliphatic rings. The van der Waals surface area contributed by atoms with Crippen molar-refractivity contribution in [2.45, 2.75) is 97.6 Å². The van der Waals surface area contributed by atoms with Crippen molar-refractivity contribution in [1.29, 1.82) is 0 Å². The lowest BCUT2D eigenvalue weighted by Gasteiger charge is -2.21. The topological polar surface area (TPSA) is 0 Å². The molecule has 156 valence electrons. The van der Waals surface area contributed by atoms with E-state index in [2.05, 4.69) is 58.8 Å². The van der Waals surface area contributed by atoms with Gasteiger partial charge in [0.15, 0.2) is 0 Å². The Bertz CT molecular complexity index is 804. The fourth-order valence-electron chi connectivity index (χ4n) is 4.79. The Hall–Kier alpha value is 0.577. The van der Waals surface area contributed by atoms with E-state index in [1.165, 1.54) is 83.8 Å². The highest BCUT2D eigenvalue weighted by atomic mass is 79.9. The normalized spacial score (nSPS) is 14.5. The van der Waals surface area contributed by atoms with Crippen LogP contribution in [-0.2, 0) is 6.42 Å². The van der Waals surface area contributed by atoms with Crippen molar-refractivity contribution in [3.8, 4) is 9.75 Å². The third-order valence-electron chi connectivity index (χ3n) is 6.28. The summed E-state index contributed by atoms with van der Waals surface area (Å²) in [6.07, 6.45) is 15.4. The maximum Gasteiger partial charge on any atom is 0.116 e. The van der Waals surface area contributed by atoms with E-state index in [9.17, 15) is 0 Å². The molecule has 0 saturated heterocycles. The first-order valence-electron chi connectivity index (χ1n) is 11.0. The van der Waals surface area contributed by atoms with Gasteiger partial charge in [0.25, 0.3) is 0 Å². The molecule has 0 atom stereocenters. The summed E-state index contributed by atoms with van der Waals surface area (Å²) >= 11 is 11.7. The largest absolute Gasteiger partial charge is 0.127 e. The van der Waals surface area contributed by atoms with Crippen LogP contribution in [-0.4, -0.2) is 8.07 Å². The molecule has 2 aromatic heterocycles. The van der Waals surface area contributed by atoms with Gasteiger partial charge in [-0.1, -0.05) is 77.8 Å². The van der Waals surface area contributed by atoms with Crippen molar-refractivity contribution in [1.82, 2.24) is 0 Å². The van der Waals surface area contributed by atoms with Crippen LogP contribution in [0.5, 0.6) is 0 Å². The van der Waals surface area contributed by atoms with Gasteiger partial charge in [-0.05, 0) is 73.1 Å². The van der Waals surface area contributed by atoms with Crippen LogP contribution in [0.2, 0.25) is 13.1 Å². The molecule has 1 aliphatic heterocycles. The molecule has 0 nitrogen and oxygen atoms in total. The lowest BCUT2D eigenvalue weighted by Crippen LogP contribution is -2.51. The van der Waals surface area contributed by atoms with Crippen LogP contribution in [0.15, 0.2) is 7.57 Å². The van der Waals surface area contributed by atoms with Gasteiger partial charge >= 0.3 is 0 Å². The summed E-state index contributed by atoms with van der Waals surface area (Å²) in [5, 5.41) is 3.44. The van der Waals surface area contributed by atoms with E-state index in [0.29, 0.717) is 0 Å². The number of fused-ring (bicyclic) bond motifs is 3. The Labute approximate surface area is 197 Å². The minimum atomic E-state index is -1.57. The first kappa shape index (κ1) is 23.2. The standard InChI is InChI=1S/C23H34Br2S2Si/c1-5-6-7-8-9-10-11-12-13-14-15-17-21-19(27-23(17)25)18-20(28(21,3)4)16(2)22(24)26-18/h5-15H2,1-4H3. The van der Waals surface area contributed by atoms with E-state index >= 15 is 0 Å². The van der Waals surface area contributed by atoms with Gasteiger partial charge in [-0.15, -0.1) is 22.7 Å². The average molecular weight is 563 g/mol. The van der Waals surface area contributed by atoms with Crippen molar-refractivity contribution in [2.24, 2.45) is 0 Å². The van der Waals surface area contributed by atoms with Crippen molar-refractivity contribution in [3.63, 3.8) is 0 Å². The summed E-state index contributed by atoms with van der Waals surface area (Å²) in [4.78, 5) is 3.15. The average Bonchev–Trinajstić information content (AvgIpc) is 3.20. The van der Waals surface area contributed by atoms with Crippen LogP contribution >= 0.6 is 54.5 Å². The predicted octanol–water partition coefficient (Wildman–Crippen LogP) is 8.91. The Balaban J connectivity index is 1.53. The van der Waals surface area contributed by atoms with Crippen LogP contribution in [0, 0.1) is 6.92 Å². The number of unbranched alkanes of at least 4 members (excludes halogenated alkanes) is 9. The van der Waals surface area contributed by atoms with E-state index in [1.807, 2.05) is 22.7 Å².